The van der Waals surface area contributed by atoms with Gasteiger partial charge in [-0.05, 0) is 12.1 Å². The van der Waals surface area contributed by atoms with Gasteiger partial charge >= 0.3 is 5.97 Å². The maximum Gasteiger partial charge on any atom is 0.338 e. The summed E-state index contributed by atoms with van der Waals surface area (Å²) in [6.07, 6.45) is 0. The molecule has 28 heavy (non-hydrogen) atoms. The predicted octanol–water partition coefficient (Wildman–Crippen LogP) is -0.112. The first-order valence-corrected chi connectivity index (χ1v) is 9.01. The van der Waals surface area contributed by atoms with Crippen molar-refractivity contribution in [3.8, 4) is 17.2 Å². The molecule has 8 nitrogen and oxygen atoms in total. The minimum atomic E-state index is -0.868. The number of piperazine rings is 1. The molecule has 2 aromatic carbocycles. The summed E-state index contributed by atoms with van der Waals surface area (Å²) in [5.74, 6) is -3.17. The van der Waals surface area contributed by atoms with Gasteiger partial charge in [0.25, 0.3) is 5.91 Å². The highest BCUT2D eigenvalue weighted by atomic mass is 16.5. The Morgan fingerprint density at radius 3 is 2.21 bits per heavy atom. The van der Waals surface area contributed by atoms with E-state index in [-0.39, 0.29) is 11.5 Å². The molecule has 2 aromatic rings. The molecule has 0 bridgehead atoms. The molecule has 0 radical (unpaired) electrons. The van der Waals surface area contributed by atoms with Crippen LogP contribution in [-0.4, -0.2) is 64.9 Å². The first-order chi connectivity index (χ1) is 13.4. The summed E-state index contributed by atoms with van der Waals surface area (Å²) < 4.78 is 4.97. The minimum absolute atomic E-state index is 0.155. The number of hydrogen-bond donors (Lipinski definition) is 4. The van der Waals surface area contributed by atoms with Gasteiger partial charge in [-0.25, -0.2) is 4.79 Å². The lowest BCUT2D eigenvalue weighted by Gasteiger charge is -2.32. The van der Waals surface area contributed by atoms with Gasteiger partial charge in [-0.1, -0.05) is 30.3 Å². The van der Waals surface area contributed by atoms with Crippen molar-refractivity contribution >= 4 is 11.9 Å². The average Bonchev–Trinajstić information content (AvgIpc) is 2.71. The van der Waals surface area contributed by atoms with Crippen molar-refractivity contribution < 1.29 is 34.5 Å². The third kappa shape index (κ3) is 4.72. The van der Waals surface area contributed by atoms with E-state index in [2.05, 4.69) is 12.1 Å². The van der Waals surface area contributed by atoms with Crippen LogP contribution in [0.25, 0.3) is 0 Å². The number of phenols is 3. The zero-order valence-corrected chi connectivity index (χ0v) is 15.3. The number of esters is 1. The average molecular weight is 387 g/mol. The lowest BCUT2D eigenvalue weighted by Crippen LogP contribution is -3.13. The van der Waals surface area contributed by atoms with E-state index in [0.717, 1.165) is 31.8 Å². The molecule has 0 atom stereocenters. The van der Waals surface area contributed by atoms with Crippen LogP contribution in [0.5, 0.6) is 17.2 Å². The lowest BCUT2D eigenvalue weighted by molar-refractivity contribution is -0.917. The molecule has 148 valence electrons. The number of rotatable bonds is 5. The Morgan fingerprint density at radius 1 is 1.00 bits per heavy atom. The summed E-state index contributed by atoms with van der Waals surface area (Å²) in [7, 11) is 0. The molecule has 0 aromatic heterocycles. The highest BCUT2D eigenvalue weighted by Crippen LogP contribution is 2.35. The van der Waals surface area contributed by atoms with Gasteiger partial charge < -0.3 is 29.9 Å². The predicted molar refractivity (Wildman–Crippen MR) is 99.1 cm³/mol. The number of nitrogens with zero attached hydrogens (tertiary/aromatic N) is 1. The van der Waals surface area contributed by atoms with Crippen LogP contribution in [0.1, 0.15) is 15.9 Å². The SMILES string of the molecule is O=C(OCC(=O)N1CC[NH+](Cc2ccccc2)CC1)c1cc(O)c(O)c(O)c1. The van der Waals surface area contributed by atoms with Crippen molar-refractivity contribution in [3.63, 3.8) is 0 Å². The summed E-state index contributed by atoms with van der Waals surface area (Å²) in [4.78, 5) is 27.3. The van der Waals surface area contributed by atoms with Crippen LogP contribution in [0.4, 0.5) is 0 Å². The standard InChI is InChI=1S/C20H22N2O6/c23-16-10-15(11-17(24)19(16)26)20(27)28-13-18(25)22-8-6-21(7-9-22)12-14-4-2-1-3-5-14/h1-5,10-11,23-24,26H,6-9,12-13H2/p+1. The smallest absolute Gasteiger partial charge is 0.338 e. The van der Waals surface area contributed by atoms with E-state index in [4.69, 9.17) is 4.74 Å². The number of ether oxygens (including phenoxy) is 1. The van der Waals surface area contributed by atoms with Gasteiger partial charge in [-0.3, -0.25) is 4.79 Å². The zero-order chi connectivity index (χ0) is 20.1. The number of benzene rings is 2. The van der Waals surface area contributed by atoms with Crippen LogP contribution < -0.4 is 4.90 Å². The number of nitrogens with one attached hydrogen (secondary N) is 1. The molecule has 1 amide bonds. The van der Waals surface area contributed by atoms with Crippen molar-refractivity contribution in [1.82, 2.24) is 4.90 Å². The number of phenolic OH excluding ortho intramolecular Hbond substituents is 3. The van der Waals surface area contributed by atoms with E-state index < -0.39 is 29.8 Å². The molecular weight excluding hydrogens is 364 g/mol. The summed E-state index contributed by atoms with van der Waals surface area (Å²) in [6, 6.07) is 12.1. The van der Waals surface area contributed by atoms with Crippen molar-refractivity contribution in [2.24, 2.45) is 0 Å². The number of carbonyl (C=O) groups is 2. The number of carbonyl (C=O) groups excluding carboxylic acids is 2. The van der Waals surface area contributed by atoms with Crippen LogP contribution in [0.15, 0.2) is 42.5 Å². The fourth-order valence-electron chi connectivity index (χ4n) is 3.16. The molecule has 0 saturated carbocycles. The maximum absolute atomic E-state index is 12.3. The van der Waals surface area contributed by atoms with Crippen LogP contribution in [-0.2, 0) is 16.1 Å². The Kier molecular flexibility index (Phi) is 6.00. The fourth-order valence-corrected chi connectivity index (χ4v) is 3.16. The van der Waals surface area contributed by atoms with Gasteiger partial charge in [0.1, 0.15) is 6.54 Å². The van der Waals surface area contributed by atoms with E-state index >= 15 is 0 Å². The quantitative estimate of drug-likeness (QED) is 0.421. The van der Waals surface area contributed by atoms with Crippen molar-refractivity contribution in [2.75, 3.05) is 32.8 Å². The Hall–Kier alpha value is -3.26. The zero-order valence-electron chi connectivity index (χ0n) is 15.3. The molecule has 8 heteroatoms. The van der Waals surface area contributed by atoms with Gasteiger partial charge in [0.15, 0.2) is 23.9 Å². The molecule has 1 aliphatic rings. The topological polar surface area (TPSA) is 112 Å². The molecule has 0 unspecified atom stereocenters. The Balaban J connectivity index is 1.46. The van der Waals surface area contributed by atoms with E-state index in [9.17, 15) is 24.9 Å². The van der Waals surface area contributed by atoms with Gasteiger partial charge in [0.2, 0.25) is 0 Å². The molecule has 1 aliphatic heterocycles. The van der Waals surface area contributed by atoms with Crippen LogP contribution >= 0.6 is 0 Å². The first-order valence-electron chi connectivity index (χ1n) is 9.01. The molecule has 0 spiro atoms. The molecule has 0 aliphatic carbocycles. The molecule has 3 rings (SSSR count). The van der Waals surface area contributed by atoms with E-state index in [1.165, 1.54) is 10.5 Å². The van der Waals surface area contributed by atoms with Crippen molar-refractivity contribution in [1.29, 1.82) is 0 Å². The first kappa shape index (κ1) is 19.5. The number of quaternary nitrogens is 1. The summed E-state index contributed by atoms with van der Waals surface area (Å²) >= 11 is 0. The van der Waals surface area contributed by atoms with Crippen molar-refractivity contribution in [2.45, 2.75) is 6.54 Å². The fraction of sp³-hybridized carbons (Fsp3) is 0.300. The second kappa shape index (κ2) is 8.62. The molecule has 4 N–H and O–H groups in total. The Morgan fingerprint density at radius 2 is 1.61 bits per heavy atom. The summed E-state index contributed by atoms with van der Waals surface area (Å²) in [6.45, 7) is 3.28. The summed E-state index contributed by atoms with van der Waals surface area (Å²) in [5, 5.41) is 28.2. The second-order valence-corrected chi connectivity index (χ2v) is 6.73. The highest BCUT2D eigenvalue weighted by Gasteiger charge is 2.25. The van der Waals surface area contributed by atoms with E-state index in [1.807, 2.05) is 18.2 Å². The Labute approximate surface area is 162 Å². The van der Waals surface area contributed by atoms with Crippen LogP contribution in [0.2, 0.25) is 0 Å². The lowest BCUT2D eigenvalue weighted by atomic mass is 10.2. The highest BCUT2D eigenvalue weighted by molar-refractivity contribution is 5.92. The van der Waals surface area contributed by atoms with Gasteiger partial charge in [-0.2, -0.15) is 0 Å². The molecule has 1 fully saturated rings. The van der Waals surface area contributed by atoms with Gasteiger partial charge in [-0.15, -0.1) is 0 Å². The minimum Gasteiger partial charge on any atom is -0.504 e. The summed E-state index contributed by atoms with van der Waals surface area (Å²) in [5.41, 5.74) is 1.10. The van der Waals surface area contributed by atoms with E-state index in [1.54, 1.807) is 4.90 Å². The largest absolute Gasteiger partial charge is 0.504 e. The van der Waals surface area contributed by atoms with Crippen LogP contribution in [0, 0.1) is 0 Å². The monoisotopic (exact) mass is 387 g/mol. The van der Waals surface area contributed by atoms with E-state index in [0.29, 0.717) is 13.1 Å². The normalized spacial score (nSPS) is 14.6. The molecular formula is C20H23N2O6+. The maximum atomic E-state index is 12.3. The number of hydrogen-bond acceptors (Lipinski definition) is 6. The van der Waals surface area contributed by atoms with Crippen LogP contribution in [0.3, 0.4) is 0 Å². The second-order valence-electron chi connectivity index (χ2n) is 6.73. The van der Waals surface area contributed by atoms with Gasteiger partial charge in [0.05, 0.1) is 31.7 Å². The van der Waals surface area contributed by atoms with Gasteiger partial charge in [0, 0.05) is 5.56 Å². The Bertz CT molecular complexity index is 824. The molecule has 1 heterocycles. The molecule has 1 saturated heterocycles. The third-order valence-corrected chi connectivity index (χ3v) is 4.75. The number of amides is 1. The number of aromatic hydroxyl groups is 3. The third-order valence-electron chi connectivity index (χ3n) is 4.75. The van der Waals surface area contributed by atoms with Crippen molar-refractivity contribution in [3.05, 3.63) is 53.6 Å².